The first-order chi connectivity index (χ1) is 7.84. The predicted octanol–water partition coefficient (Wildman–Crippen LogP) is 2.52. The van der Waals surface area contributed by atoms with E-state index in [1.54, 1.807) is 11.5 Å². The van der Waals surface area contributed by atoms with Gasteiger partial charge in [-0.1, -0.05) is 12.1 Å². The quantitative estimate of drug-likeness (QED) is 0.862. The molecule has 1 aromatic heterocycles. The lowest BCUT2D eigenvalue weighted by Gasteiger charge is -2.32. The van der Waals surface area contributed by atoms with Crippen LogP contribution in [0, 0.1) is 0 Å². The molecule has 1 aromatic carbocycles. The maximum absolute atomic E-state index is 4.59. The molecule has 0 saturated carbocycles. The molecule has 2 aromatic rings. The summed E-state index contributed by atoms with van der Waals surface area (Å²) in [7, 11) is 0. The number of benzene rings is 1. The number of fused-ring (bicyclic) bond motifs is 1. The number of nitrogens with zero attached hydrogens (tertiary/aromatic N) is 2. The number of anilines is 1. The summed E-state index contributed by atoms with van der Waals surface area (Å²) in [6, 6.07) is 9.02. The van der Waals surface area contributed by atoms with Gasteiger partial charge in [0.2, 0.25) is 0 Å². The van der Waals surface area contributed by atoms with E-state index in [4.69, 9.17) is 0 Å². The van der Waals surface area contributed by atoms with Crippen LogP contribution in [-0.4, -0.2) is 30.0 Å². The Morgan fingerprint density at radius 2 is 2.24 bits per heavy atom. The summed E-state index contributed by atoms with van der Waals surface area (Å²) in [6.07, 6.45) is 0. The van der Waals surface area contributed by atoms with E-state index in [0.29, 0.717) is 6.04 Å². The van der Waals surface area contributed by atoms with Crippen LogP contribution in [0.1, 0.15) is 6.92 Å². The first kappa shape index (κ1) is 12.6. The molecule has 3 rings (SSSR count). The minimum Gasteiger partial charge on any atom is -0.352 e. The molecule has 1 atom stereocenters. The van der Waals surface area contributed by atoms with Gasteiger partial charge in [-0.15, -0.1) is 12.4 Å². The number of hydrogen-bond donors (Lipinski definition) is 1. The zero-order valence-corrected chi connectivity index (χ0v) is 11.4. The molecule has 3 nitrogen and oxygen atoms in total. The molecule has 1 aliphatic rings. The van der Waals surface area contributed by atoms with Gasteiger partial charge in [0.15, 0.2) is 0 Å². The van der Waals surface area contributed by atoms with Crippen LogP contribution in [-0.2, 0) is 0 Å². The maximum atomic E-state index is 4.59. The second-order valence-corrected chi connectivity index (χ2v) is 5.11. The number of nitrogens with one attached hydrogen (secondary N) is 1. The summed E-state index contributed by atoms with van der Waals surface area (Å²) >= 11 is 1.60. The Hall–Kier alpha value is -0.840. The molecular weight excluding hydrogens is 254 g/mol. The van der Waals surface area contributed by atoms with Crippen molar-refractivity contribution >= 4 is 39.8 Å². The Bertz CT molecular complexity index is 499. The summed E-state index contributed by atoms with van der Waals surface area (Å²) < 4.78 is 5.87. The standard InChI is InChI=1S/C12H15N3S.ClH/c1-9-8-15(7-6-13-9)12-10-4-2-3-5-11(10)16-14-12;/h2-5,9,13H,6-8H2,1H3;1H. The number of aromatic nitrogens is 1. The molecule has 0 amide bonds. The molecular formula is C12H16ClN3S. The molecule has 0 spiro atoms. The van der Waals surface area contributed by atoms with Crippen molar-refractivity contribution in [3.05, 3.63) is 24.3 Å². The highest BCUT2D eigenvalue weighted by molar-refractivity contribution is 7.13. The second-order valence-electron chi connectivity index (χ2n) is 4.30. The fraction of sp³-hybridized carbons (Fsp3) is 0.417. The first-order valence-electron chi connectivity index (χ1n) is 5.67. The fourth-order valence-corrected chi connectivity index (χ4v) is 3.02. The zero-order valence-electron chi connectivity index (χ0n) is 9.72. The zero-order chi connectivity index (χ0) is 11.0. The van der Waals surface area contributed by atoms with Crippen LogP contribution in [0.2, 0.25) is 0 Å². The van der Waals surface area contributed by atoms with Gasteiger partial charge in [0.25, 0.3) is 0 Å². The van der Waals surface area contributed by atoms with Gasteiger partial charge >= 0.3 is 0 Å². The van der Waals surface area contributed by atoms with Crippen LogP contribution in [0.25, 0.3) is 10.1 Å². The Balaban J connectivity index is 0.00000108. The molecule has 2 heterocycles. The molecule has 1 saturated heterocycles. The highest BCUT2D eigenvalue weighted by Gasteiger charge is 2.19. The average Bonchev–Trinajstić information content (AvgIpc) is 2.72. The smallest absolute Gasteiger partial charge is 0.150 e. The second kappa shape index (κ2) is 5.21. The highest BCUT2D eigenvalue weighted by Crippen LogP contribution is 2.29. The maximum Gasteiger partial charge on any atom is 0.150 e. The predicted molar refractivity (Wildman–Crippen MR) is 76.5 cm³/mol. The van der Waals surface area contributed by atoms with E-state index in [9.17, 15) is 0 Å². The normalized spacial score (nSPS) is 20.3. The number of halogens is 1. The van der Waals surface area contributed by atoms with Crippen LogP contribution in [0.4, 0.5) is 5.82 Å². The van der Waals surface area contributed by atoms with Gasteiger partial charge in [-0.25, -0.2) is 0 Å². The van der Waals surface area contributed by atoms with E-state index in [-0.39, 0.29) is 12.4 Å². The SMILES string of the molecule is CC1CN(c2nsc3ccccc23)CCN1.Cl. The number of hydrogen-bond acceptors (Lipinski definition) is 4. The lowest BCUT2D eigenvalue weighted by Crippen LogP contribution is -2.49. The van der Waals surface area contributed by atoms with Crippen molar-refractivity contribution in [1.29, 1.82) is 0 Å². The van der Waals surface area contributed by atoms with Gasteiger partial charge in [0.1, 0.15) is 5.82 Å². The largest absolute Gasteiger partial charge is 0.352 e. The van der Waals surface area contributed by atoms with Gasteiger partial charge in [-0.2, -0.15) is 4.37 Å². The third-order valence-electron chi connectivity index (χ3n) is 3.03. The van der Waals surface area contributed by atoms with E-state index in [1.165, 1.54) is 10.1 Å². The van der Waals surface area contributed by atoms with Crippen molar-refractivity contribution in [2.45, 2.75) is 13.0 Å². The molecule has 0 aliphatic carbocycles. The minimum atomic E-state index is 0. The minimum absolute atomic E-state index is 0. The van der Waals surface area contributed by atoms with Crippen LogP contribution in [0.3, 0.4) is 0 Å². The molecule has 1 fully saturated rings. The Morgan fingerprint density at radius 3 is 3.06 bits per heavy atom. The summed E-state index contributed by atoms with van der Waals surface area (Å²) in [5.41, 5.74) is 0. The fourth-order valence-electron chi connectivity index (χ4n) is 2.23. The first-order valence-corrected chi connectivity index (χ1v) is 6.44. The van der Waals surface area contributed by atoms with E-state index < -0.39 is 0 Å². The topological polar surface area (TPSA) is 28.2 Å². The number of rotatable bonds is 1. The van der Waals surface area contributed by atoms with Crippen molar-refractivity contribution < 1.29 is 0 Å². The van der Waals surface area contributed by atoms with Gasteiger partial charge < -0.3 is 10.2 Å². The lowest BCUT2D eigenvalue weighted by atomic mass is 10.2. The molecule has 1 aliphatic heterocycles. The molecule has 1 unspecified atom stereocenters. The van der Waals surface area contributed by atoms with Crippen molar-refractivity contribution in [2.75, 3.05) is 24.5 Å². The van der Waals surface area contributed by atoms with Gasteiger partial charge in [0.05, 0.1) is 4.70 Å². The van der Waals surface area contributed by atoms with E-state index in [0.717, 1.165) is 25.5 Å². The lowest BCUT2D eigenvalue weighted by molar-refractivity contribution is 0.484. The van der Waals surface area contributed by atoms with Gasteiger partial charge in [0, 0.05) is 31.1 Å². The van der Waals surface area contributed by atoms with Crippen molar-refractivity contribution in [1.82, 2.24) is 9.69 Å². The molecule has 0 radical (unpaired) electrons. The van der Waals surface area contributed by atoms with Crippen LogP contribution >= 0.6 is 23.9 Å². The van der Waals surface area contributed by atoms with Crippen molar-refractivity contribution in [2.24, 2.45) is 0 Å². The number of piperazine rings is 1. The summed E-state index contributed by atoms with van der Waals surface area (Å²) in [6.45, 7) is 5.37. The molecule has 0 bridgehead atoms. The van der Waals surface area contributed by atoms with Crippen LogP contribution in [0.15, 0.2) is 24.3 Å². The Labute approximate surface area is 111 Å². The average molecular weight is 270 g/mol. The van der Waals surface area contributed by atoms with E-state index in [1.807, 2.05) is 0 Å². The summed E-state index contributed by atoms with van der Waals surface area (Å²) in [5.74, 6) is 1.16. The van der Waals surface area contributed by atoms with E-state index >= 15 is 0 Å². The van der Waals surface area contributed by atoms with Crippen molar-refractivity contribution in [3.63, 3.8) is 0 Å². The third kappa shape index (κ3) is 2.39. The molecule has 92 valence electrons. The highest BCUT2D eigenvalue weighted by atomic mass is 35.5. The van der Waals surface area contributed by atoms with Crippen LogP contribution < -0.4 is 10.2 Å². The Morgan fingerprint density at radius 1 is 1.41 bits per heavy atom. The van der Waals surface area contributed by atoms with Gasteiger partial charge in [-0.05, 0) is 30.6 Å². The van der Waals surface area contributed by atoms with Crippen LogP contribution in [0.5, 0.6) is 0 Å². The third-order valence-corrected chi connectivity index (χ3v) is 3.84. The molecule has 1 N–H and O–H groups in total. The molecule has 17 heavy (non-hydrogen) atoms. The van der Waals surface area contributed by atoms with E-state index in [2.05, 4.69) is 45.8 Å². The summed E-state index contributed by atoms with van der Waals surface area (Å²) in [4.78, 5) is 2.39. The van der Waals surface area contributed by atoms with Crippen molar-refractivity contribution in [3.8, 4) is 0 Å². The molecule has 5 heteroatoms. The monoisotopic (exact) mass is 269 g/mol. The van der Waals surface area contributed by atoms with Gasteiger partial charge in [-0.3, -0.25) is 0 Å². The summed E-state index contributed by atoms with van der Waals surface area (Å²) in [5, 5.41) is 4.75. The Kier molecular flexibility index (Phi) is 3.86.